The number of carbonyl (C=O) groups is 2. The molecule has 4 nitrogen and oxygen atoms in total. The van der Waals surface area contributed by atoms with Gasteiger partial charge in [0.25, 0.3) is 0 Å². The second-order valence-electron chi connectivity index (χ2n) is 5.96. The van der Waals surface area contributed by atoms with Crippen LogP contribution in [0.2, 0.25) is 5.02 Å². The molecule has 1 aliphatic heterocycles. The summed E-state index contributed by atoms with van der Waals surface area (Å²) in [6, 6.07) is 6.53. The van der Waals surface area contributed by atoms with Crippen molar-refractivity contribution in [1.29, 1.82) is 0 Å². The van der Waals surface area contributed by atoms with Crippen LogP contribution >= 0.6 is 27.5 Å². The molecule has 2 aliphatic rings. The zero-order chi connectivity index (χ0) is 16.6. The second kappa shape index (κ2) is 6.65. The first-order valence-corrected chi connectivity index (χ1v) is 8.97. The molecule has 23 heavy (non-hydrogen) atoms. The summed E-state index contributed by atoms with van der Waals surface area (Å²) in [6.45, 7) is 4.19. The van der Waals surface area contributed by atoms with Crippen molar-refractivity contribution in [1.82, 2.24) is 4.90 Å². The van der Waals surface area contributed by atoms with Crippen LogP contribution in [0.5, 0.6) is 0 Å². The highest BCUT2D eigenvalue weighted by atomic mass is 79.9. The molecule has 122 valence electrons. The average Bonchev–Trinajstić information content (AvgIpc) is 2.52. The molecule has 1 aromatic rings. The third kappa shape index (κ3) is 3.04. The Bertz CT molecular complexity index is 651. The Balaban J connectivity index is 2.00. The normalized spacial score (nSPS) is 27.8. The van der Waals surface area contributed by atoms with E-state index in [2.05, 4.69) is 22.5 Å². The molecule has 3 amide bonds. The lowest BCUT2D eigenvalue weighted by Gasteiger charge is -2.47. The van der Waals surface area contributed by atoms with E-state index in [-0.39, 0.29) is 23.9 Å². The number of benzene rings is 1. The van der Waals surface area contributed by atoms with E-state index in [9.17, 15) is 9.59 Å². The summed E-state index contributed by atoms with van der Waals surface area (Å²) in [7, 11) is 0. The van der Waals surface area contributed by atoms with Crippen molar-refractivity contribution in [2.45, 2.75) is 30.1 Å². The number of urea groups is 1. The monoisotopic (exact) mass is 396 g/mol. The molecule has 0 spiro atoms. The van der Waals surface area contributed by atoms with Crippen LogP contribution in [0.3, 0.4) is 0 Å². The summed E-state index contributed by atoms with van der Waals surface area (Å²) in [4.78, 5) is 29.2. The molecule has 3 rings (SSSR count). The third-order valence-electron chi connectivity index (χ3n) is 4.52. The first kappa shape index (κ1) is 16.5. The lowest BCUT2D eigenvalue weighted by molar-refractivity contribution is -0.126. The number of rotatable bonds is 3. The topological polar surface area (TPSA) is 40.6 Å². The van der Waals surface area contributed by atoms with Gasteiger partial charge in [0.2, 0.25) is 5.91 Å². The lowest BCUT2D eigenvalue weighted by Crippen LogP contribution is -2.63. The van der Waals surface area contributed by atoms with E-state index in [1.807, 2.05) is 0 Å². The van der Waals surface area contributed by atoms with E-state index in [1.54, 1.807) is 35.2 Å². The number of amides is 3. The van der Waals surface area contributed by atoms with Gasteiger partial charge in [-0.3, -0.25) is 4.79 Å². The van der Waals surface area contributed by atoms with E-state index < -0.39 is 0 Å². The summed E-state index contributed by atoms with van der Waals surface area (Å²) in [5.74, 6) is -0.323. The number of imide groups is 1. The molecular formula is C17H18BrClN2O2. The minimum absolute atomic E-state index is 0.0442. The van der Waals surface area contributed by atoms with Gasteiger partial charge in [0.05, 0.1) is 11.6 Å². The van der Waals surface area contributed by atoms with Crippen LogP contribution in [0.1, 0.15) is 19.3 Å². The number of carbonyl (C=O) groups excluding carboxylic acids is 2. The zero-order valence-electron chi connectivity index (χ0n) is 12.6. The Morgan fingerprint density at radius 2 is 2.13 bits per heavy atom. The molecule has 6 heteroatoms. The van der Waals surface area contributed by atoms with Crippen molar-refractivity contribution in [2.75, 3.05) is 11.4 Å². The highest BCUT2D eigenvalue weighted by Gasteiger charge is 2.48. The maximum absolute atomic E-state index is 13.0. The molecule has 1 aliphatic carbocycles. The molecule has 3 atom stereocenters. The van der Waals surface area contributed by atoms with Crippen molar-refractivity contribution < 1.29 is 9.59 Å². The Hall–Kier alpha value is -1.33. The number of anilines is 1. The molecule has 0 bridgehead atoms. The highest BCUT2D eigenvalue weighted by molar-refractivity contribution is 9.09. The standard InChI is InChI=1S/C17H18BrClN2O2/c1-2-8-20-15-7-6-11(18)9-14(15)16(22)21(17(20)23)13-5-3-4-12(19)10-13/h2-5,10-11,14-15H,1,6-9H2. The summed E-state index contributed by atoms with van der Waals surface area (Å²) in [5.41, 5.74) is 0.525. The number of hydrogen-bond acceptors (Lipinski definition) is 2. The number of fused-ring (bicyclic) bond motifs is 1. The number of halogens is 2. The molecule has 1 saturated heterocycles. The van der Waals surface area contributed by atoms with Crippen molar-refractivity contribution in [3.8, 4) is 0 Å². The summed E-state index contributed by atoms with van der Waals surface area (Å²) in [5, 5.41) is 0.502. The number of hydrogen-bond donors (Lipinski definition) is 0. The van der Waals surface area contributed by atoms with E-state index in [1.165, 1.54) is 4.90 Å². The molecule has 1 saturated carbocycles. The van der Waals surface area contributed by atoms with Gasteiger partial charge in [-0.2, -0.15) is 0 Å². The van der Waals surface area contributed by atoms with Gasteiger partial charge in [-0.25, -0.2) is 9.69 Å². The van der Waals surface area contributed by atoms with Crippen LogP contribution < -0.4 is 4.90 Å². The first-order valence-electron chi connectivity index (χ1n) is 7.68. The number of alkyl halides is 1. The smallest absolute Gasteiger partial charge is 0.316 e. The van der Waals surface area contributed by atoms with Gasteiger partial charge in [-0.15, -0.1) is 6.58 Å². The van der Waals surface area contributed by atoms with Crippen molar-refractivity contribution in [3.63, 3.8) is 0 Å². The predicted octanol–water partition coefficient (Wildman–Crippen LogP) is 4.23. The molecule has 3 unspecified atom stereocenters. The van der Waals surface area contributed by atoms with E-state index in [0.29, 0.717) is 22.1 Å². The summed E-state index contributed by atoms with van der Waals surface area (Å²) < 4.78 is 0. The van der Waals surface area contributed by atoms with Gasteiger partial charge < -0.3 is 4.90 Å². The highest BCUT2D eigenvalue weighted by Crippen LogP contribution is 2.38. The first-order chi connectivity index (χ1) is 11.0. The van der Waals surface area contributed by atoms with Gasteiger partial charge in [-0.05, 0) is 37.5 Å². The summed E-state index contributed by atoms with van der Waals surface area (Å²) in [6.07, 6.45) is 4.24. The van der Waals surface area contributed by atoms with Gasteiger partial charge in [-0.1, -0.05) is 39.7 Å². The minimum Gasteiger partial charge on any atom is -0.316 e. The van der Waals surface area contributed by atoms with Crippen molar-refractivity contribution >= 4 is 45.2 Å². The van der Waals surface area contributed by atoms with Crippen molar-refractivity contribution in [3.05, 3.63) is 41.9 Å². The van der Waals surface area contributed by atoms with Gasteiger partial charge in [0.1, 0.15) is 0 Å². The molecule has 2 fully saturated rings. The van der Waals surface area contributed by atoms with Crippen LogP contribution in [0.15, 0.2) is 36.9 Å². The quantitative estimate of drug-likeness (QED) is 0.566. The van der Waals surface area contributed by atoms with Crippen LogP contribution in [-0.4, -0.2) is 34.3 Å². The summed E-state index contributed by atoms with van der Waals surface area (Å²) >= 11 is 9.66. The number of nitrogens with zero attached hydrogens (tertiary/aromatic N) is 2. The van der Waals surface area contributed by atoms with Gasteiger partial charge >= 0.3 is 6.03 Å². The largest absolute Gasteiger partial charge is 0.331 e. The Morgan fingerprint density at radius 3 is 2.83 bits per heavy atom. The molecule has 1 aromatic carbocycles. The van der Waals surface area contributed by atoms with E-state index in [0.717, 1.165) is 19.3 Å². The van der Waals surface area contributed by atoms with Gasteiger partial charge in [0, 0.05) is 22.4 Å². The zero-order valence-corrected chi connectivity index (χ0v) is 15.0. The average molecular weight is 398 g/mol. The molecule has 1 heterocycles. The lowest BCUT2D eigenvalue weighted by atomic mass is 9.81. The molecule has 0 N–H and O–H groups in total. The van der Waals surface area contributed by atoms with Crippen LogP contribution in [0.25, 0.3) is 0 Å². The van der Waals surface area contributed by atoms with E-state index in [4.69, 9.17) is 11.6 Å². The van der Waals surface area contributed by atoms with E-state index >= 15 is 0 Å². The maximum atomic E-state index is 13.0. The molecular weight excluding hydrogens is 380 g/mol. The fraction of sp³-hybridized carbons (Fsp3) is 0.412. The molecule has 0 radical (unpaired) electrons. The fourth-order valence-electron chi connectivity index (χ4n) is 3.48. The SMILES string of the molecule is C=CCN1C(=O)N(c2cccc(Cl)c2)C(=O)C2CC(Br)CCC21. The predicted molar refractivity (Wildman–Crippen MR) is 95.1 cm³/mol. The Labute approximate surface area is 149 Å². The Kier molecular flexibility index (Phi) is 4.78. The third-order valence-corrected chi connectivity index (χ3v) is 5.58. The van der Waals surface area contributed by atoms with Gasteiger partial charge in [0.15, 0.2) is 0 Å². The van der Waals surface area contributed by atoms with Crippen LogP contribution in [0.4, 0.5) is 10.5 Å². The van der Waals surface area contributed by atoms with Crippen molar-refractivity contribution in [2.24, 2.45) is 5.92 Å². The van der Waals surface area contributed by atoms with Crippen LogP contribution in [0, 0.1) is 5.92 Å². The maximum Gasteiger partial charge on any atom is 0.331 e. The fourth-order valence-corrected chi connectivity index (χ4v) is 4.33. The van der Waals surface area contributed by atoms with Crippen LogP contribution in [-0.2, 0) is 4.79 Å². The second-order valence-corrected chi connectivity index (χ2v) is 7.69. The minimum atomic E-state index is -0.286. The molecule has 0 aromatic heterocycles. The Morgan fingerprint density at radius 1 is 1.35 bits per heavy atom.